The van der Waals surface area contributed by atoms with E-state index in [4.69, 9.17) is 14.2 Å². The van der Waals surface area contributed by atoms with Crippen LogP contribution >= 0.6 is 0 Å². The molecule has 0 aliphatic carbocycles. The first-order valence-electron chi connectivity index (χ1n) is 33.8. The zero-order valence-electron chi connectivity index (χ0n) is 53.2. The summed E-state index contributed by atoms with van der Waals surface area (Å²) >= 11 is 0. The van der Waals surface area contributed by atoms with E-state index in [2.05, 4.69) is 167 Å². The lowest BCUT2D eigenvalue weighted by Crippen LogP contribution is -2.30. The Balaban J connectivity index is 4.46. The van der Waals surface area contributed by atoms with Gasteiger partial charge >= 0.3 is 17.9 Å². The molecule has 1 unspecified atom stereocenters. The van der Waals surface area contributed by atoms with Crippen LogP contribution in [0, 0.1) is 0 Å². The maximum absolute atomic E-state index is 13.0. The van der Waals surface area contributed by atoms with E-state index in [0.717, 1.165) is 161 Å². The molecule has 0 aliphatic heterocycles. The van der Waals surface area contributed by atoms with Crippen molar-refractivity contribution in [2.24, 2.45) is 0 Å². The number of hydrogen-bond donors (Lipinski definition) is 0. The summed E-state index contributed by atoms with van der Waals surface area (Å²) in [6.45, 7) is 6.40. The average molecular weight is 1130 g/mol. The van der Waals surface area contributed by atoms with Crippen LogP contribution in [0.2, 0.25) is 0 Å². The SMILES string of the molecule is CC/C=C\C/C=C\C/C=C\C/C=C\C/C=C\C/C=C\CCCCCCCCC(=O)OCC(COC(=O)CCCCCCC/C=C\CCCCCCCCC)OC(=O)CCCCCCCCC/C=C\C/C=C\C/C=C\C/C=C\C/C=C\CC. The molecule has 0 aromatic rings. The van der Waals surface area contributed by atoms with Gasteiger partial charge in [-0.1, -0.05) is 282 Å². The van der Waals surface area contributed by atoms with Crippen LogP contribution in [-0.2, 0) is 28.6 Å². The van der Waals surface area contributed by atoms with Crippen LogP contribution in [-0.4, -0.2) is 37.2 Å². The average Bonchev–Trinajstić information content (AvgIpc) is 3.47. The van der Waals surface area contributed by atoms with Crippen LogP contribution in [0.5, 0.6) is 0 Å². The molecule has 0 saturated heterocycles. The normalized spacial score (nSPS) is 13.1. The van der Waals surface area contributed by atoms with Crippen molar-refractivity contribution in [1.82, 2.24) is 0 Å². The second-order valence-corrected chi connectivity index (χ2v) is 22.0. The van der Waals surface area contributed by atoms with Crippen molar-refractivity contribution >= 4 is 17.9 Å². The first kappa shape index (κ1) is 77.3. The number of allylic oxidation sites excluding steroid dienone is 24. The fourth-order valence-corrected chi connectivity index (χ4v) is 9.06. The summed E-state index contributed by atoms with van der Waals surface area (Å²) in [5.41, 5.74) is 0. The van der Waals surface area contributed by atoms with Crippen molar-refractivity contribution in [2.45, 2.75) is 303 Å². The fraction of sp³-hybridized carbons (Fsp3) is 0.645. The lowest BCUT2D eigenvalue weighted by Gasteiger charge is -2.18. The summed E-state index contributed by atoms with van der Waals surface area (Å²) in [5.74, 6) is -0.926. The Bertz CT molecular complexity index is 1780. The summed E-state index contributed by atoms with van der Waals surface area (Å²) in [6.07, 6.45) is 98.5. The number of hydrogen-bond acceptors (Lipinski definition) is 6. The summed E-state index contributed by atoms with van der Waals surface area (Å²) in [6, 6.07) is 0. The zero-order chi connectivity index (χ0) is 59.2. The Kier molecular flexibility index (Phi) is 64.8. The van der Waals surface area contributed by atoms with Crippen molar-refractivity contribution in [3.8, 4) is 0 Å². The molecule has 0 rings (SSSR count). The van der Waals surface area contributed by atoms with Gasteiger partial charge in [-0.15, -0.1) is 0 Å². The number of carbonyl (C=O) groups is 3. The molecular weight excluding hydrogens is 1010 g/mol. The summed E-state index contributed by atoms with van der Waals surface area (Å²) in [7, 11) is 0. The molecule has 0 aromatic heterocycles. The first-order chi connectivity index (χ1) is 40.5. The second kappa shape index (κ2) is 68.8. The van der Waals surface area contributed by atoms with Gasteiger partial charge < -0.3 is 14.2 Å². The molecule has 0 bridgehead atoms. The van der Waals surface area contributed by atoms with Gasteiger partial charge in [0.15, 0.2) is 6.10 Å². The van der Waals surface area contributed by atoms with E-state index in [-0.39, 0.29) is 31.1 Å². The van der Waals surface area contributed by atoms with Crippen LogP contribution < -0.4 is 0 Å². The highest BCUT2D eigenvalue weighted by Crippen LogP contribution is 2.15. The highest BCUT2D eigenvalue weighted by atomic mass is 16.6. The van der Waals surface area contributed by atoms with Crippen LogP contribution in [0.3, 0.4) is 0 Å². The van der Waals surface area contributed by atoms with Gasteiger partial charge in [0.05, 0.1) is 0 Å². The van der Waals surface area contributed by atoms with Gasteiger partial charge in [-0.05, 0) is 141 Å². The minimum absolute atomic E-state index is 0.0960. The summed E-state index contributed by atoms with van der Waals surface area (Å²) in [5, 5.41) is 0. The van der Waals surface area contributed by atoms with Crippen molar-refractivity contribution in [3.05, 3.63) is 146 Å². The van der Waals surface area contributed by atoms with E-state index in [1.807, 2.05) is 0 Å². The molecule has 0 aromatic carbocycles. The van der Waals surface area contributed by atoms with E-state index >= 15 is 0 Å². The van der Waals surface area contributed by atoms with Crippen LogP contribution in [0.4, 0.5) is 0 Å². The number of rotatable bonds is 60. The molecule has 0 N–H and O–H groups in total. The molecule has 0 saturated carbocycles. The molecule has 0 heterocycles. The van der Waals surface area contributed by atoms with Gasteiger partial charge in [-0.25, -0.2) is 0 Å². The van der Waals surface area contributed by atoms with E-state index in [1.54, 1.807) is 0 Å². The number of ether oxygens (including phenoxy) is 3. The Labute approximate surface area is 506 Å². The van der Waals surface area contributed by atoms with E-state index in [9.17, 15) is 14.4 Å². The monoisotopic (exact) mass is 1130 g/mol. The molecular formula is C76H124O6. The molecule has 0 aliphatic rings. The highest BCUT2D eigenvalue weighted by Gasteiger charge is 2.19. The molecule has 0 fully saturated rings. The van der Waals surface area contributed by atoms with E-state index in [0.29, 0.717) is 19.3 Å². The maximum atomic E-state index is 13.0. The zero-order valence-corrected chi connectivity index (χ0v) is 53.2. The lowest BCUT2D eigenvalue weighted by molar-refractivity contribution is -0.167. The smallest absolute Gasteiger partial charge is 0.306 e. The molecule has 6 nitrogen and oxygen atoms in total. The van der Waals surface area contributed by atoms with Gasteiger partial charge in [-0.2, -0.15) is 0 Å². The minimum atomic E-state index is -0.802. The lowest BCUT2D eigenvalue weighted by atomic mass is 10.1. The largest absolute Gasteiger partial charge is 0.462 e. The molecule has 464 valence electrons. The van der Waals surface area contributed by atoms with Gasteiger partial charge in [-0.3, -0.25) is 14.4 Å². The molecule has 0 spiro atoms. The third kappa shape index (κ3) is 66.1. The fourth-order valence-electron chi connectivity index (χ4n) is 9.06. The Morgan fingerprint density at radius 1 is 0.256 bits per heavy atom. The second-order valence-electron chi connectivity index (χ2n) is 22.0. The standard InChI is InChI=1S/C76H124O6/c1-4-7-10-13-16-19-22-25-28-31-33-35-37-38-40-41-43-45-48-51-54-57-60-63-66-69-75(78)81-72-73(71-80-74(77)68-65-62-59-56-53-50-47-30-27-24-21-18-15-12-9-6-3)82-76(79)70-67-64-61-58-55-52-49-46-44-42-39-36-34-32-29-26-23-20-17-14-11-8-5-2/h7-8,10-11,16-17,19-20,25-26,28-30,33-36,38,40,42-45,47,73H,4-6,9,12-15,18,21-24,27,31-32,37,39,41,46,48-72H2,1-3H3/b10-7-,11-8-,19-16-,20-17-,28-25-,29-26-,35-33-,36-34-,40-38-,44-42-,45-43-,47-30-. The minimum Gasteiger partial charge on any atom is -0.462 e. The quantitative estimate of drug-likeness (QED) is 0.0261. The molecule has 0 radical (unpaired) electrons. The van der Waals surface area contributed by atoms with Gasteiger partial charge in [0.25, 0.3) is 0 Å². The van der Waals surface area contributed by atoms with Crippen molar-refractivity contribution in [2.75, 3.05) is 13.2 Å². The topological polar surface area (TPSA) is 78.9 Å². The number of esters is 3. The van der Waals surface area contributed by atoms with Crippen molar-refractivity contribution in [3.63, 3.8) is 0 Å². The number of carbonyl (C=O) groups excluding carboxylic acids is 3. The molecule has 1 atom stereocenters. The van der Waals surface area contributed by atoms with E-state index in [1.165, 1.54) is 96.3 Å². The Hall–Kier alpha value is -4.71. The summed E-state index contributed by atoms with van der Waals surface area (Å²) in [4.78, 5) is 38.4. The molecule has 6 heteroatoms. The molecule has 82 heavy (non-hydrogen) atoms. The molecule has 0 amide bonds. The van der Waals surface area contributed by atoms with Crippen molar-refractivity contribution < 1.29 is 28.6 Å². The third-order valence-corrected chi connectivity index (χ3v) is 14.1. The van der Waals surface area contributed by atoms with Crippen LogP contribution in [0.15, 0.2) is 146 Å². The summed E-state index contributed by atoms with van der Waals surface area (Å²) < 4.78 is 16.9. The van der Waals surface area contributed by atoms with Gasteiger partial charge in [0, 0.05) is 19.3 Å². The van der Waals surface area contributed by atoms with Crippen LogP contribution in [0.25, 0.3) is 0 Å². The Morgan fingerprint density at radius 3 is 0.756 bits per heavy atom. The highest BCUT2D eigenvalue weighted by molar-refractivity contribution is 5.71. The van der Waals surface area contributed by atoms with Gasteiger partial charge in [0.1, 0.15) is 13.2 Å². The third-order valence-electron chi connectivity index (χ3n) is 14.1. The van der Waals surface area contributed by atoms with E-state index < -0.39 is 6.10 Å². The predicted molar refractivity (Wildman–Crippen MR) is 357 cm³/mol. The van der Waals surface area contributed by atoms with Crippen LogP contribution in [0.1, 0.15) is 297 Å². The number of unbranched alkanes of at least 4 members (excludes halogenated alkanes) is 25. The maximum Gasteiger partial charge on any atom is 0.306 e. The predicted octanol–water partition coefficient (Wildman–Crippen LogP) is 23.5. The Morgan fingerprint density at radius 2 is 0.476 bits per heavy atom. The first-order valence-corrected chi connectivity index (χ1v) is 33.8. The van der Waals surface area contributed by atoms with Gasteiger partial charge in [0.2, 0.25) is 0 Å². The van der Waals surface area contributed by atoms with Crippen molar-refractivity contribution in [1.29, 1.82) is 0 Å².